The number of rotatable bonds is 2. The van der Waals surface area contributed by atoms with Crippen molar-refractivity contribution in [3.05, 3.63) is 23.8 Å². The van der Waals surface area contributed by atoms with Crippen molar-refractivity contribution in [1.29, 1.82) is 0 Å². The molecule has 0 radical (unpaired) electrons. The molecule has 3 heterocycles. The fraction of sp³-hybridized carbons (Fsp3) is 0.692. The molecular weight excluding hydrogens is 212 g/mol. The third kappa shape index (κ3) is 1.80. The Morgan fingerprint density at radius 2 is 1.88 bits per heavy atom. The zero-order valence-electron chi connectivity index (χ0n) is 10.7. The van der Waals surface area contributed by atoms with Gasteiger partial charge in [0.15, 0.2) is 0 Å². The standard InChI is InChI=1S/C13H20N4/c1-9-6-11-4-5-12(7-9)17(11)8-13-15-14-10(2)16(13)3/h11-12H,1,4-8H2,2-3H3. The molecule has 0 saturated carbocycles. The van der Waals surface area contributed by atoms with E-state index in [0.29, 0.717) is 12.1 Å². The Hall–Kier alpha value is -1.16. The van der Waals surface area contributed by atoms with Crippen LogP contribution in [0, 0.1) is 6.92 Å². The second-order valence-electron chi connectivity index (χ2n) is 5.44. The summed E-state index contributed by atoms with van der Waals surface area (Å²) in [6.45, 7) is 7.11. The summed E-state index contributed by atoms with van der Waals surface area (Å²) in [6, 6.07) is 1.39. The summed E-state index contributed by atoms with van der Waals surface area (Å²) in [5.74, 6) is 2.08. The summed E-state index contributed by atoms with van der Waals surface area (Å²) in [5, 5.41) is 8.41. The van der Waals surface area contributed by atoms with Gasteiger partial charge in [-0.25, -0.2) is 0 Å². The van der Waals surface area contributed by atoms with Gasteiger partial charge in [0.05, 0.1) is 6.54 Å². The van der Waals surface area contributed by atoms with Gasteiger partial charge in [0.1, 0.15) is 11.6 Å². The molecular formula is C13H20N4. The molecule has 92 valence electrons. The number of hydrogen-bond donors (Lipinski definition) is 0. The average Bonchev–Trinajstić information content (AvgIpc) is 2.72. The molecule has 0 aromatic carbocycles. The minimum atomic E-state index is 0.693. The Bertz CT molecular complexity index is 432. The molecule has 2 saturated heterocycles. The minimum absolute atomic E-state index is 0.693. The minimum Gasteiger partial charge on any atom is -0.317 e. The van der Waals surface area contributed by atoms with Crippen molar-refractivity contribution in [2.24, 2.45) is 7.05 Å². The summed E-state index contributed by atoms with van der Waals surface area (Å²) >= 11 is 0. The van der Waals surface area contributed by atoms with E-state index >= 15 is 0 Å². The van der Waals surface area contributed by atoms with Crippen molar-refractivity contribution in [1.82, 2.24) is 19.7 Å². The van der Waals surface area contributed by atoms with E-state index in [1.165, 1.54) is 31.3 Å². The van der Waals surface area contributed by atoms with Crippen LogP contribution < -0.4 is 0 Å². The lowest BCUT2D eigenvalue weighted by atomic mass is 9.98. The van der Waals surface area contributed by atoms with Crippen molar-refractivity contribution in [3.8, 4) is 0 Å². The van der Waals surface area contributed by atoms with E-state index in [9.17, 15) is 0 Å². The first-order chi connectivity index (χ1) is 8.15. The van der Waals surface area contributed by atoms with Gasteiger partial charge in [0.25, 0.3) is 0 Å². The lowest BCUT2D eigenvalue weighted by Crippen LogP contribution is -2.40. The van der Waals surface area contributed by atoms with Gasteiger partial charge < -0.3 is 4.57 Å². The molecule has 4 nitrogen and oxygen atoms in total. The Morgan fingerprint density at radius 1 is 1.24 bits per heavy atom. The third-order valence-electron chi connectivity index (χ3n) is 4.33. The Kier molecular flexibility index (Phi) is 2.54. The summed E-state index contributed by atoms with van der Waals surface area (Å²) in [7, 11) is 2.05. The van der Waals surface area contributed by atoms with Gasteiger partial charge in [-0.3, -0.25) is 4.90 Å². The first-order valence-electron chi connectivity index (χ1n) is 6.42. The van der Waals surface area contributed by atoms with Crippen molar-refractivity contribution in [3.63, 3.8) is 0 Å². The van der Waals surface area contributed by atoms with E-state index in [-0.39, 0.29) is 0 Å². The Labute approximate surface area is 102 Å². The monoisotopic (exact) mass is 232 g/mol. The topological polar surface area (TPSA) is 34.0 Å². The molecule has 2 unspecified atom stereocenters. The number of nitrogens with zero attached hydrogens (tertiary/aromatic N) is 4. The first kappa shape index (κ1) is 11.0. The molecule has 1 aromatic rings. The fourth-order valence-corrected chi connectivity index (χ4v) is 3.21. The van der Waals surface area contributed by atoms with Crippen LogP contribution in [0.15, 0.2) is 12.2 Å². The Morgan fingerprint density at radius 3 is 2.41 bits per heavy atom. The molecule has 2 bridgehead atoms. The van der Waals surface area contributed by atoms with Crippen LogP contribution in [0.1, 0.15) is 37.3 Å². The van der Waals surface area contributed by atoms with E-state index in [2.05, 4.69) is 33.3 Å². The summed E-state index contributed by atoms with van der Waals surface area (Å²) in [4.78, 5) is 2.61. The van der Waals surface area contributed by atoms with Crippen LogP contribution in [-0.4, -0.2) is 31.7 Å². The molecule has 0 N–H and O–H groups in total. The number of aryl methyl sites for hydroxylation is 1. The molecule has 3 rings (SSSR count). The molecule has 17 heavy (non-hydrogen) atoms. The second kappa shape index (κ2) is 3.95. The van der Waals surface area contributed by atoms with E-state index in [1.807, 2.05) is 6.92 Å². The summed E-state index contributed by atoms with van der Waals surface area (Å²) in [5.41, 5.74) is 1.43. The van der Waals surface area contributed by atoms with Gasteiger partial charge in [-0.05, 0) is 32.6 Å². The van der Waals surface area contributed by atoms with Gasteiger partial charge in [-0.2, -0.15) is 0 Å². The maximum Gasteiger partial charge on any atom is 0.146 e. The van der Waals surface area contributed by atoms with E-state index in [1.54, 1.807) is 0 Å². The highest BCUT2D eigenvalue weighted by atomic mass is 15.3. The maximum absolute atomic E-state index is 4.27. The van der Waals surface area contributed by atoms with Gasteiger partial charge in [0.2, 0.25) is 0 Å². The van der Waals surface area contributed by atoms with E-state index < -0.39 is 0 Å². The lowest BCUT2D eigenvalue weighted by Gasteiger charge is -2.35. The maximum atomic E-state index is 4.27. The molecule has 0 aliphatic carbocycles. The molecule has 0 spiro atoms. The normalized spacial score (nSPS) is 28.9. The van der Waals surface area contributed by atoms with Crippen LogP contribution in [0.4, 0.5) is 0 Å². The van der Waals surface area contributed by atoms with Gasteiger partial charge in [-0.1, -0.05) is 12.2 Å². The van der Waals surface area contributed by atoms with E-state index in [0.717, 1.165) is 18.2 Å². The largest absolute Gasteiger partial charge is 0.317 e. The van der Waals surface area contributed by atoms with Crippen molar-refractivity contribution in [2.75, 3.05) is 0 Å². The summed E-state index contributed by atoms with van der Waals surface area (Å²) in [6.07, 6.45) is 4.99. The van der Waals surface area contributed by atoms with E-state index in [4.69, 9.17) is 0 Å². The van der Waals surface area contributed by atoms with Crippen molar-refractivity contribution < 1.29 is 0 Å². The number of hydrogen-bond acceptors (Lipinski definition) is 3. The Balaban J connectivity index is 1.78. The van der Waals surface area contributed by atoms with Crippen LogP contribution in [0.3, 0.4) is 0 Å². The molecule has 4 heteroatoms. The molecule has 2 fully saturated rings. The third-order valence-corrected chi connectivity index (χ3v) is 4.33. The predicted octanol–water partition coefficient (Wildman–Crippen LogP) is 1.81. The smallest absolute Gasteiger partial charge is 0.146 e. The van der Waals surface area contributed by atoms with Crippen LogP contribution >= 0.6 is 0 Å². The fourth-order valence-electron chi connectivity index (χ4n) is 3.21. The SMILES string of the molecule is C=C1CC2CCC(C1)N2Cc1nnc(C)n1C. The highest BCUT2D eigenvalue weighted by molar-refractivity contribution is 5.11. The van der Waals surface area contributed by atoms with Crippen LogP contribution in [0.5, 0.6) is 0 Å². The van der Waals surface area contributed by atoms with Gasteiger partial charge in [-0.15, -0.1) is 10.2 Å². The molecule has 2 atom stereocenters. The van der Waals surface area contributed by atoms with Crippen LogP contribution in [-0.2, 0) is 13.6 Å². The number of aromatic nitrogens is 3. The molecule has 1 aromatic heterocycles. The van der Waals surface area contributed by atoms with Crippen LogP contribution in [0.2, 0.25) is 0 Å². The first-order valence-corrected chi connectivity index (χ1v) is 6.42. The molecule has 0 amide bonds. The molecule has 2 aliphatic rings. The predicted molar refractivity (Wildman–Crippen MR) is 66.5 cm³/mol. The lowest BCUT2D eigenvalue weighted by molar-refractivity contribution is 0.152. The van der Waals surface area contributed by atoms with Crippen molar-refractivity contribution in [2.45, 2.75) is 51.2 Å². The highest BCUT2D eigenvalue weighted by Crippen LogP contribution is 2.38. The highest BCUT2D eigenvalue weighted by Gasteiger charge is 2.38. The van der Waals surface area contributed by atoms with Gasteiger partial charge >= 0.3 is 0 Å². The van der Waals surface area contributed by atoms with Crippen LogP contribution in [0.25, 0.3) is 0 Å². The number of piperidine rings is 1. The zero-order valence-corrected chi connectivity index (χ0v) is 10.7. The number of fused-ring (bicyclic) bond motifs is 2. The molecule has 2 aliphatic heterocycles. The average molecular weight is 232 g/mol. The summed E-state index contributed by atoms with van der Waals surface area (Å²) < 4.78 is 2.10. The quantitative estimate of drug-likeness (QED) is 0.729. The van der Waals surface area contributed by atoms with Crippen molar-refractivity contribution >= 4 is 0 Å². The second-order valence-corrected chi connectivity index (χ2v) is 5.44. The zero-order chi connectivity index (χ0) is 12.0. The van der Waals surface area contributed by atoms with Gasteiger partial charge in [0, 0.05) is 19.1 Å².